The summed E-state index contributed by atoms with van der Waals surface area (Å²) in [7, 11) is 0. The number of nitrogens with one attached hydrogen (secondary N) is 1. The van der Waals surface area contributed by atoms with E-state index in [2.05, 4.69) is 5.32 Å². The Morgan fingerprint density at radius 2 is 2.07 bits per heavy atom. The molecule has 0 spiro atoms. The molecule has 0 saturated heterocycles. The molecule has 74 valence electrons. The van der Waals surface area contributed by atoms with Gasteiger partial charge in [-0.05, 0) is 24.1 Å². The van der Waals surface area contributed by atoms with Crippen LogP contribution < -0.4 is 5.32 Å². The number of hydrogen-bond donors (Lipinski definition) is 2. The van der Waals surface area contributed by atoms with E-state index in [0.717, 1.165) is 11.3 Å². The molecule has 0 atom stereocenters. The first kappa shape index (κ1) is 10.6. The molecule has 0 radical (unpaired) electrons. The van der Waals surface area contributed by atoms with Crippen molar-refractivity contribution < 1.29 is 9.90 Å². The summed E-state index contributed by atoms with van der Waals surface area (Å²) in [6.07, 6.45) is 2.37. The van der Waals surface area contributed by atoms with Crippen molar-refractivity contribution in [1.29, 1.82) is 0 Å². The second-order valence-electron chi connectivity index (χ2n) is 2.91. The maximum Gasteiger partial charge on any atom is 0.351 e. The first-order valence-electron chi connectivity index (χ1n) is 4.06. The molecule has 4 heteroatoms. The summed E-state index contributed by atoms with van der Waals surface area (Å²) >= 11 is 0. The highest BCUT2D eigenvalue weighted by molar-refractivity contribution is 5.91. The largest absolute Gasteiger partial charge is 0.477 e. The minimum atomic E-state index is -0.908. The number of carbonyl (C=O) groups is 1. The Morgan fingerprint density at radius 1 is 1.36 bits per heavy atom. The highest BCUT2D eigenvalue weighted by Gasteiger charge is 2.13. The number of fused-ring (bicyclic) bond motifs is 1. The van der Waals surface area contributed by atoms with E-state index < -0.39 is 5.97 Å². The highest BCUT2D eigenvalue weighted by Crippen LogP contribution is 2.22. The lowest BCUT2D eigenvalue weighted by Gasteiger charge is -2.15. The fraction of sp³-hybridized carbons (Fsp3) is 0.100. The predicted octanol–water partition coefficient (Wildman–Crippen LogP) is 2.04. The Balaban J connectivity index is 0.000000980. The normalized spacial score (nSPS) is 13.0. The van der Waals surface area contributed by atoms with Crippen molar-refractivity contribution in [2.24, 2.45) is 0 Å². The number of allylic oxidation sites excluding steroid dienone is 1. The second-order valence-corrected chi connectivity index (χ2v) is 2.91. The predicted molar refractivity (Wildman–Crippen MR) is 56.7 cm³/mol. The number of para-hydroxylation sites is 1. The van der Waals surface area contributed by atoms with Crippen LogP contribution in [0.3, 0.4) is 0 Å². The Labute approximate surface area is 87.9 Å². The third kappa shape index (κ3) is 1.88. The van der Waals surface area contributed by atoms with Crippen molar-refractivity contribution in [1.82, 2.24) is 0 Å². The van der Waals surface area contributed by atoms with Crippen molar-refractivity contribution in [3.63, 3.8) is 0 Å². The number of carboxylic acid groups (broad SMARTS) is 1. The molecule has 3 nitrogen and oxygen atoms in total. The SMILES string of the molecule is Cl.O=C(O)C1=CCc2ccccc2N1. The summed E-state index contributed by atoms with van der Waals surface area (Å²) in [5.41, 5.74) is 2.29. The Morgan fingerprint density at radius 3 is 2.79 bits per heavy atom. The fourth-order valence-electron chi connectivity index (χ4n) is 1.37. The first-order chi connectivity index (χ1) is 6.27. The molecule has 2 rings (SSSR count). The van der Waals surface area contributed by atoms with E-state index in [4.69, 9.17) is 5.11 Å². The molecule has 0 saturated carbocycles. The fourth-order valence-corrected chi connectivity index (χ4v) is 1.37. The smallest absolute Gasteiger partial charge is 0.351 e. The van der Waals surface area contributed by atoms with E-state index in [9.17, 15) is 4.79 Å². The molecule has 1 heterocycles. The average Bonchev–Trinajstić information content (AvgIpc) is 2.17. The van der Waals surface area contributed by atoms with Gasteiger partial charge in [-0.25, -0.2) is 4.79 Å². The van der Waals surface area contributed by atoms with E-state index in [-0.39, 0.29) is 18.1 Å². The molecule has 0 amide bonds. The first-order valence-corrected chi connectivity index (χ1v) is 4.06. The van der Waals surface area contributed by atoms with Crippen LogP contribution in [0.4, 0.5) is 5.69 Å². The van der Waals surface area contributed by atoms with Gasteiger partial charge in [0, 0.05) is 5.69 Å². The third-order valence-corrected chi connectivity index (χ3v) is 2.04. The molecule has 2 N–H and O–H groups in total. The quantitative estimate of drug-likeness (QED) is 0.748. The average molecular weight is 212 g/mol. The van der Waals surface area contributed by atoms with E-state index in [0.29, 0.717) is 6.42 Å². The van der Waals surface area contributed by atoms with Crippen LogP contribution in [0.25, 0.3) is 0 Å². The molecule has 1 aliphatic rings. The number of benzene rings is 1. The summed E-state index contributed by atoms with van der Waals surface area (Å²) in [6, 6.07) is 7.69. The number of rotatable bonds is 1. The summed E-state index contributed by atoms with van der Waals surface area (Å²) in [6.45, 7) is 0. The standard InChI is InChI=1S/C10H9NO2.ClH/c12-10(13)9-6-5-7-3-1-2-4-8(7)11-9;/h1-4,6,11H,5H2,(H,12,13);1H. The summed E-state index contributed by atoms with van der Waals surface area (Å²) in [4.78, 5) is 10.6. The molecule has 0 bridgehead atoms. The summed E-state index contributed by atoms with van der Waals surface area (Å²) < 4.78 is 0. The molecule has 0 aromatic heterocycles. The van der Waals surface area contributed by atoms with Gasteiger partial charge in [0.05, 0.1) is 0 Å². The van der Waals surface area contributed by atoms with Gasteiger partial charge in [-0.15, -0.1) is 12.4 Å². The molecular formula is C10H10ClNO2. The molecular weight excluding hydrogens is 202 g/mol. The number of halogens is 1. The monoisotopic (exact) mass is 211 g/mol. The van der Waals surface area contributed by atoms with Gasteiger partial charge in [0.2, 0.25) is 0 Å². The van der Waals surface area contributed by atoms with Gasteiger partial charge in [0.1, 0.15) is 5.70 Å². The molecule has 14 heavy (non-hydrogen) atoms. The highest BCUT2D eigenvalue weighted by atomic mass is 35.5. The van der Waals surface area contributed by atoms with Gasteiger partial charge in [-0.3, -0.25) is 0 Å². The van der Waals surface area contributed by atoms with Crippen LogP contribution in [0.1, 0.15) is 5.56 Å². The number of hydrogen-bond acceptors (Lipinski definition) is 2. The van der Waals surface area contributed by atoms with Crippen LogP contribution in [0.5, 0.6) is 0 Å². The lowest BCUT2D eigenvalue weighted by molar-refractivity contribution is -0.132. The van der Waals surface area contributed by atoms with Crippen LogP contribution in [-0.2, 0) is 11.2 Å². The van der Waals surface area contributed by atoms with Gasteiger partial charge in [0.25, 0.3) is 0 Å². The van der Waals surface area contributed by atoms with Crippen molar-refractivity contribution >= 4 is 24.1 Å². The van der Waals surface area contributed by atoms with Crippen LogP contribution in [0, 0.1) is 0 Å². The molecule has 1 aromatic carbocycles. The van der Waals surface area contributed by atoms with E-state index in [1.54, 1.807) is 6.08 Å². The van der Waals surface area contributed by atoms with Crippen LogP contribution >= 0.6 is 12.4 Å². The van der Waals surface area contributed by atoms with Gasteiger partial charge in [0.15, 0.2) is 0 Å². The van der Waals surface area contributed by atoms with Gasteiger partial charge < -0.3 is 10.4 Å². The zero-order chi connectivity index (χ0) is 9.26. The van der Waals surface area contributed by atoms with E-state index in [1.807, 2.05) is 24.3 Å². The maximum absolute atomic E-state index is 10.6. The zero-order valence-electron chi connectivity index (χ0n) is 7.36. The lowest BCUT2D eigenvalue weighted by Crippen LogP contribution is -2.15. The molecule has 0 aliphatic carbocycles. The van der Waals surface area contributed by atoms with Gasteiger partial charge in [-0.1, -0.05) is 18.2 Å². The van der Waals surface area contributed by atoms with E-state index in [1.165, 1.54) is 0 Å². The molecule has 1 aromatic rings. The molecule has 0 unspecified atom stereocenters. The Bertz CT molecular complexity index is 387. The summed E-state index contributed by atoms with van der Waals surface area (Å²) in [5.74, 6) is -0.908. The van der Waals surface area contributed by atoms with Gasteiger partial charge >= 0.3 is 5.97 Å². The molecule has 1 aliphatic heterocycles. The topological polar surface area (TPSA) is 49.3 Å². The van der Waals surface area contributed by atoms with E-state index >= 15 is 0 Å². The van der Waals surface area contributed by atoms with Crippen molar-refractivity contribution in [2.75, 3.05) is 5.32 Å². The Hall–Kier alpha value is -1.48. The maximum atomic E-state index is 10.6. The number of carboxylic acids is 1. The van der Waals surface area contributed by atoms with Crippen LogP contribution in [0.2, 0.25) is 0 Å². The van der Waals surface area contributed by atoms with Gasteiger partial charge in [-0.2, -0.15) is 0 Å². The minimum absolute atomic E-state index is 0. The lowest BCUT2D eigenvalue weighted by atomic mass is 10.1. The molecule has 0 fully saturated rings. The number of aliphatic carboxylic acids is 1. The summed E-state index contributed by atoms with van der Waals surface area (Å²) in [5, 5.41) is 11.6. The van der Waals surface area contributed by atoms with Crippen molar-refractivity contribution in [3.8, 4) is 0 Å². The minimum Gasteiger partial charge on any atom is -0.477 e. The van der Waals surface area contributed by atoms with Crippen molar-refractivity contribution in [2.45, 2.75) is 6.42 Å². The van der Waals surface area contributed by atoms with Crippen LogP contribution in [-0.4, -0.2) is 11.1 Å². The third-order valence-electron chi connectivity index (χ3n) is 2.04. The second kappa shape index (κ2) is 4.15. The van der Waals surface area contributed by atoms with Crippen LogP contribution in [0.15, 0.2) is 36.0 Å². The number of anilines is 1. The Kier molecular flexibility index (Phi) is 3.14. The van der Waals surface area contributed by atoms with Crippen molar-refractivity contribution in [3.05, 3.63) is 41.6 Å². The zero-order valence-corrected chi connectivity index (χ0v) is 8.17.